The average Bonchev–Trinajstić information content (AvgIpc) is 2.99. The molecule has 0 radical (unpaired) electrons. The van der Waals surface area contributed by atoms with Gasteiger partial charge in [-0.05, 0) is 38.1 Å². The second-order valence-electron chi connectivity index (χ2n) is 5.73. The Hall–Kier alpha value is -2.95. The Bertz CT molecular complexity index is 868. The fourth-order valence-electron chi connectivity index (χ4n) is 2.54. The molecule has 1 aromatic heterocycles. The maximum Gasteiger partial charge on any atom is 0.257 e. The van der Waals surface area contributed by atoms with E-state index in [0.717, 1.165) is 16.7 Å². The zero-order valence-corrected chi connectivity index (χ0v) is 13.9. The number of H-pyrrole nitrogens is 1. The van der Waals surface area contributed by atoms with Crippen LogP contribution in [0.15, 0.2) is 48.7 Å². The minimum Gasteiger partial charge on any atom is -0.497 e. The summed E-state index contributed by atoms with van der Waals surface area (Å²) in [5, 5.41) is 3.77. The van der Waals surface area contributed by atoms with Crippen molar-refractivity contribution >= 4 is 22.5 Å². The van der Waals surface area contributed by atoms with Gasteiger partial charge in [0.1, 0.15) is 11.5 Å². The minimum atomic E-state index is -0.189. The van der Waals surface area contributed by atoms with Gasteiger partial charge in [0.25, 0.3) is 5.91 Å². The molecule has 5 heteroatoms. The molecule has 0 unspecified atom stereocenters. The Kier molecular flexibility index (Phi) is 4.42. The molecule has 0 aliphatic rings. The van der Waals surface area contributed by atoms with Gasteiger partial charge in [-0.3, -0.25) is 4.79 Å². The number of carbonyl (C=O) groups is 1. The van der Waals surface area contributed by atoms with E-state index in [0.29, 0.717) is 17.0 Å². The van der Waals surface area contributed by atoms with Crippen LogP contribution in [0.5, 0.6) is 11.5 Å². The summed E-state index contributed by atoms with van der Waals surface area (Å²) in [5.41, 5.74) is 2.08. The second kappa shape index (κ2) is 6.66. The lowest BCUT2D eigenvalue weighted by molar-refractivity contribution is 0.102. The number of rotatable bonds is 5. The van der Waals surface area contributed by atoms with Gasteiger partial charge in [-0.2, -0.15) is 0 Å². The van der Waals surface area contributed by atoms with E-state index >= 15 is 0 Å². The molecule has 0 bridgehead atoms. The third kappa shape index (κ3) is 3.20. The van der Waals surface area contributed by atoms with Crippen molar-refractivity contribution in [1.29, 1.82) is 0 Å². The highest BCUT2D eigenvalue weighted by molar-refractivity contribution is 6.13. The second-order valence-corrected chi connectivity index (χ2v) is 5.73. The minimum absolute atomic E-state index is 0.0311. The molecule has 3 rings (SSSR count). The smallest absolute Gasteiger partial charge is 0.257 e. The van der Waals surface area contributed by atoms with E-state index in [-0.39, 0.29) is 12.0 Å². The van der Waals surface area contributed by atoms with Crippen LogP contribution < -0.4 is 14.8 Å². The van der Waals surface area contributed by atoms with Gasteiger partial charge in [0, 0.05) is 23.2 Å². The molecule has 2 N–H and O–H groups in total. The van der Waals surface area contributed by atoms with Crippen molar-refractivity contribution in [3.63, 3.8) is 0 Å². The molecule has 0 saturated heterocycles. The predicted octanol–water partition coefficient (Wildman–Crippen LogP) is 4.22. The number of nitrogens with one attached hydrogen (secondary N) is 2. The van der Waals surface area contributed by atoms with E-state index in [4.69, 9.17) is 9.47 Å². The Morgan fingerprint density at radius 1 is 1.17 bits per heavy atom. The number of benzene rings is 2. The summed E-state index contributed by atoms with van der Waals surface area (Å²) >= 11 is 0. The van der Waals surface area contributed by atoms with Crippen LogP contribution >= 0.6 is 0 Å². The van der Waals surface area contributed by atoms with Gasteiger partial charge in [0.2, 0.25) is 0 Å². The normalized spacial score (nSPS) is 10.8. The van der Waals surface area contributed by atoms with Crippen LogP contribution in [-0.4, -0.2) is 24.1 Å². The molecule has 5 nitrogen and oxygen atoms in total. The van der Waals surface area contributed by atoms with Gasteiger partial charge in [-0.25, -0.2) is 0 Å². The van der Waals surface area contributed by atoms with Crippen molar-refractivity contribution < 1.29 is 14.3 Å². The van der Waals surface area contributed by atoms with Crippen LogP contribution in [0.2, 0.25) is 0 Å². The third-order valence-corrected chi connectivity index (χ3v) is 3.63. The summed E-state index contributed by atoms with van der Waals surface area (Å²) < 4.78 is 10.9. The Morgan fingerprint density at radius 2 is 1.96 bits per heavy atom. The Labute approximate surface area is 140 Å². The summed E-state index contributed by atoms with van der Waals surface area (Å²) in [7, 11) is 1.61. The first kappa shape index (κ1) is 15.9. The number of para-hydroxylation sites is 2. The lowest BCUT2D eigenvalue weighted by Gasteiger charge is -2.14. The molecule has 1 heterocycles. The van der Waals surface area contributed by atoms with E-state index < -0.39 is 0 Å². The number of anilines is 1. The maximum absolute atomic E-state index is 12.7. The molecule has 0 fully saturated rings. The monoisotopic (exact) mass is 324 g/mol. The molecule has 1 amide bonds. The van der Waals surface area contributed by atoms with E-state index in [1.54, 1.807) is 13.3 Å². The molecule has 0 atom stereocenters. The third-order valence-electron chi connectivity index (χ3n) is 3.63. The average molecular weight is 324 g/mol. The molecule has 24 heavy (non-hydrogen) atoms. The molecule has 0 spiro atoms. The predicted molar refractivity (Wildman–Crippen MR) is 95.0 cm³/mol. The van der Waals surface area contributed by atoms with E-state index in [9.17, 15) is 4.79 Å². The van der Waals surface area contributed by atoms with E-state index in [2.05, 4.69) is 10.3 Å². The number of hydrogen-bond donors (Lipinski definition) is 2. The Morgan fingerprint density at radius 3 is 2.71 bits per heavy atom. The highest BCUT2D eigenvalue weighted by Crippen LogP contribution is 2.27. The first-order valence-electron chi connectivity index (χ1n) is 7.80. The maximum atomic E-state index is 12.7. The van der Waals surface area contributed by atoms with E-state index in [1.165, 1.54) is 0 Å². The highest BCUT2D eigenvalue weighted by Gasteiger charge is 2.15. The molecule has 2 aromatic carbocycles. The zero-order valence-electron chi connectivity index (χ0n) is 13.9. The number of carbonyl (C=O) groups excluding carboxylic acids is 1. The topological polar surface area (TPSA) is 63.4 Å². The molecule has 3 aromatic rings. The van der Waals surface area contributed by atoms with Crippen LogP contribution in [0.1, 0.15) is 24.2 Å². The first-order chi connectivity index (χ1) is 11.6. The largest absolute Gasteiger partial charge is 0.497 e. The van der Waals surface area contributed by atoms with Gasteiger partial charge >= 0.3 is 0 Å². The summed E-state index contributed by atoms with van der Waals surface area (Å²) in [6.07, 6.45) is 1.73. The molecular weight excluding hydrogens is 304 g/mol. The van der Waals surface area contributed by atoms with Gasteiger partial charge < -0.3 is 19.8 Å². The van der Waals surface area contributed by atoms with Gasteiger partial charge in [0.05, 0.1) is 24.5 Å². The molecule has 0 aliphatic heterocycles. The number of hydrogen-bond acceptors (Lipinski definition) is 3. The molecule has 0 aliphatic carbocycles. The SMILES string of the molecule is COc1ccc2c(C(=O)Nc3ccccc3OC(C)C)c[nH]c2c1. The van der Waals surface area contributed by atoms with Crippen molar-refractivity contribution in [2.24, 2.45) is 0 Å². The standard InChI is InChI=1S/C19H20N2O3/c1-12(2)24-18-7-5-4-6-16(18)21-19(22)15-11-20-17-10-13(23-3)8-9-14(15)17/h4-12,20H,1-3H3,(H,21,22). The van der Waals surface area contributed by atoms with Crippen LogP contribution in [0.25, 0.3) is 10.9 Å². The highest BCUT2D eigenvalue weighted by atomic mass is 16.5. The zero-order chi connectivity index (χ0) is 17.1. The van der Waals surface area contributed by atoms with E-state index in [1.807, 2.05) is 56.3 Å². The summed E-state index contributed by atoms with van der Waals surface area (Å²) in [5.74, 6) is 1.21. The lowest BCUT2D eigenvalue weighted by Crippen LogP contribution is -2.14. The van der Waals surface area contributed by atoms with Gasteiger partial charge in [0.15, 0.2) is 0 Å². The quantitative estimate of drug-likeness (QED) is 0.739. The number of ether oxygens (including phenoxy) is 2. The number of aromatic nitrogens is 1. The Balaban J connectivity index is 1.88. The van der Waals surface area contributed by atoms with Crippen molar-refractivity contribution in [2.75, 3.05) is 12.4 Å². The fraction of sp³-hybridized carbons (Fsp3) is 0.211. The number of aromatic amines is 1. The number of fused-ring (bicyclic) bond motifs is 1. The molecule has 0 saturated carbocycles. The molecular formula is C19H20N2O3. The number of amides is 1. The summed E-state index contributed by atoms with van der Waals surface area (Å²) in [4.78, 5) is 15.8. The van der Waals surface area contributed by atoms with Crippen molar-refractivity contribution in [1.82, 2.24) is 4.98 Å². The first-order valence-corrected chi connectivity index (χ1v) is 7.80. The van der Waals surface area contributed by atoms with Gasteiger partial charge in [-0.15, -0.1) is 0 Å². The summed E-state index contributed by atoms with van der Waals surface area (Å²) in [6, 6.07) is 13.0. The van der Waals surface area contributed by atoms with Crippen LogP contribution in [-0.2, 0) is 0 Å². The number of methoxy groups -OCH3 is 1. The summed E-state index contributed by atoms with van der Waals surface area (Å²) in [6.45, 7) is 3.90. The van der Waals surface area contributed by atoms with Crippen LogP contribution in [0.4, 0.5) is 5.69 Å². The van der Waals surface area contributed by atoms with Crippen LogP contribution in [0, 0.1) is 0 Å². The van der Waals surface area contributed by atoms with Gasteiger partial charge in [-0.1, -0.05) is 12.1 Å². The molecule has 124 valence electrons. The fourth-order valence-corrected chi connectivity index (χ4v) is 2.54. The van der Waals surface area contributed by atoms with Crippen molar-refractivity contribution in [3.8, 4) is 11.5 Å². The lowest BCUT2D eigenvalue weighted by atomic mass is 10.1. The van der Waals surface area contributed by atoms with Crippen molar-refractivity contribution in [3.05, 3.63) is 54.2 Å². The van der Waals surface area contributed by atoms with Crippen molar-refractivity contribution in [2.45, 2.75) is 20.0 Å². The van der Waals surface area contributed by atoms with Crippen LogP contribution in [0.3, 0.4) is 0 Å².